The zero-order chi connectivity index (χ0) is 24.4. The number of nitrogens with zero attached hydrogens (tertiary/aromatic N) is 1. The van der Waals surface area contributed by atoms with Crippen molar-refractivity contribution in [3.8, 4) is 11.1 Å². The Bertz CT molecular complexity index is 1380. The molecule has 7 heteroatoms. The highest BCUT2D eigenvalue weighted by Gasteiger charge is 2.37. The van der Waals surface area contributed by atoms with Gasteiger partial charge in [0.1, 0.15) is 11.6 Å². The Balaban J connectivity index is 1.67. The molecule has 4 aromatic rings. The number of carbonyl (C=O) groups excluding carboxylic acids is 2. The van der Waals surface area contributed by atoms with Gasteiger partial charge in [-0.05, 0) is 42.3 Å². The number of amides is 3. The first-order valence-corrected chi connectivity index (χ1v) is 11.9. The Morgan fingerprint density at radius 1 is 1.06 bits per heavy atom. The van der Waals surface area contributed by atoms with Crippen molar-refractivity contribution in [2.24, 2.45) is 5.73 Å². The molecule has 178 valence electrons. The molecule has 7 nitrogen and oxygen atoms in total. The van der Waals surface area contributed by atoms with E-state index in [1.165, 1.54) is 0 Å². The summed E-state index contributed by atoms with van der Waals surface area (Å²) >= 11 is 0. The Labute approximate surface area is 203 Å². The maximum atomic E-state index is 13.3. The first-order chi connectivity index (χ1) is 17.1. The maximum Gasteiger partial charge on any atom is 0.322 e. The average molecular weight is 469 g/mol. The van der Waals surface area contributed by atoms with Crippen LogP contribution in [0.25, 0.3) is 22.1 Å². The average Bonchev–Trinajstić information content (AvgIpc) is 3.27. The molecule has 3 aromatic carbocycles. The number of nitrogens with one attached hydrogen (secondary N) is 2. The molecule has 1 aromatic heterocycles. The third-order valence-electron chi connectivity index (χ3n) is 6.29. The lowest BCUT2D eigenvalue weighted by Gasteiger charge is -2.32. The van der Waals surface area contributed by atoms with Crippen LogP contribution in [0.15, 0.2) is 77.2 Å². The summed E-state index contributed by atoms with van der Waals surface area (Å²) in [6.07, 6.45) is 1.02. The number of anilines is 1. The van der Waals surface area contributed by atoms with Crippen LogP contribution in [0.2, 0.25) is 0 Å². The van der Waals surface area contributed by atoms with E-state index < -0.39 is 11.9 Å². The highest BCUT2D eigenvalue weighted by Crippen LogP contribution is 2.45. The van der Waals surface area contributed by atoms with Crippen LogP contribution >= 0.6 is 0 Å². The second kappa shape index (κ2) is 9.64. The molecule has 0 saturated carbocycles. The molecule has 0 radical (unpaired) electrons. The number of nitrogens with two attached hydrogens (primary N) is 1. The summed E-state index contributed by atoms with van der Waals surface area (Å²) in [6.45, 7) is 4.18. The first-order valence-electron chi connectivity index (χ1n) is 11.9. The standard InChI is InChI=1S/C28H28N4O3/c1-2-14-30-15-16-32-24-22-13-7-12-21(19-10-6-11-20(17-19)27(29)33)25(22)35-26(24)23(31-28(32)34)18-8-4-3-5-9-18/h3-13,17,23,30H,2,14-16H2,1H3,(H2,29,33)(H,31,34). The molecule has 0 bridgehead atoms. The van der Waals surface area contributed by atoms with Crippen molar-refractivity contribution in [3.63, 3.8) is 0 Å². The quantitative estimate of drug-likeness (QED) is 0.323. The highest BCUT2D eigenvalue weighted by molar-refractivity contribution is 6.09. The lowest BCUT2D eigenvalue weighted by atomic mass is 9.98. The van der Waals surface area contributed by atoms with Gasteiger partial charge in [0.15, 0.2) is 5.76 Å². The molecule has 35 heavy (non-hydrogen) atoms. The number of rotatable bonds is 8. The van der Waals surface area contributed by atoms with Gasteiger partial charge in [0.25, 0.3) is 0 Å². The Kier molecular flexibility index (Phi) is 6.25. The largest absolute Gasteiger partial charge is 0.456 e. The van der Waals surface area contributed by atoms with Gasteiger partial charge in [-0.1, -0.05) is 61.5 Å². The highest BCUT2D eigenvalue weighted by atomic mass is 16.3. The summed E-state index contributed by atoms with van der Waals surface area (Å²) in [5.74, 6) is 0.210. The topological polar surface area (TPSA) is 101 Å². The van der Waals surface area contributed by atoms with Crippen LogP contribution in [0, 0.1) is 0 Å². The van der Waals surface area contributed by atoms with E-state index in [9.17, 15) is 9.59 Å². The molecule has 0 spiro atoms. The molecule has 0 aliphatic carbocycles. The summed E-state index contributed by atoms with van der Waals surface area (Å²) in [5, 5.41) is 7.36. The molecule has 4 N–H and O–H groups in total. The zero-order valence-electron chi connectivity index (χ0n) is 19.6. The van der Waals surface area contributed by atoms with E-state index in [0.717, 1.165) is 40.7 Å². The van der Waals surface area contributed by atoms with Gasteiger partial charge in [-0.25, -0.2) is 4.79 Å². The van der Waals surface area contributed by atoms with Crippen LogP contribution in [0.1, 0.15) is 41.1 Å². The summed E-state index contributed by atoms with van der Waals surface area (Å²) < 4.78 is 6.56. The van der Waals surface area contributed by atoms with Crippen molar-refractivity contribution in [1.82, 2.24) is 10.6 Å². The molecule has 0 saturated heterocycles. The van der Waals surface area contributed by atoms with Gasteiger partial charge in [0.05, 0.1) is 5.69 Å². The third-order valence-corrected chi connectivity index (χ3v) is 6.29. The number of urea groups is 1. The number of fused-ring (bicyclic) bond motifs is 3. The third kappa shape index (κ3) is 4.26. The normalized spacial score (nSPS) is 15.2. The molecular formula is C28H28N4O3. The second-order valence-corrected chi connectivity index (χ2v) is 8.64. The summed E-state index contributed by atoms with van der Waals surface area (Å²) in [7, 11) is 0. The van der Waals surface area contributed by atoms with Gasteiger partial charge in [0.2, 0.25) is 5.91 Å². The van der Waals surface area contributed by atoms with Gasteiger partial charge < -0.3 is 20.8 Å². The Morgan fingerprint density at radius 3 is 2.63 bits per heavy atom. The SMILES string of the molecule is CCCNCCN1C(=O)NC(c2ccccc2)c2oc3c(-c4cccc(C(N)=O)c4)cccc3c21. The minimum Gasteiger partial charge on any atom is -0.456 e. The predicted octanol–water partition coefficient (Wildman–Crippen LogP) is 4.82. The van der Waals surface area contributed by atoms with E-state index in [2.05, 4.69) is 17.6 Å². The van der Waals surface area contributed by atoms with Gasteiger partial charge in [-0.15, -0.1) is 0 Å². The van der Waals surface area contributed by atoms with Crippen molar-refractivity contribution < 1.29 is 14.0 Å². The van der Waals surface area contributed by atoms with E-state index in [-0.39, 0.29) is 6.03 Å². The Hall–Kier alpha value is -4.10. The minimum atomic E-state index is -0.484. The fraction of sp³-hybridized carbons (Fsp3) is 0.214. The minimum absolute atomic E-state index is 0.159. The second-order valence-electron chi connectivity index (χ2n) is 8.64. The van der Waals surface area contributed by atoms with Gasteiger partial charge >= 0.3 is 6.03 Å². The molecule has 3 amide bonds. The van der Waals surface area contributed by atoms with E-state index in [1.807, 2.05) is 54.6 Å². The number of hydrogen-bond acceptors (Lipinski definition) is 4. The van der Waals surface area contributed by atoms with Gasteiger partial charge in [0, 0.05) is 29.6 Å². The van der Waals surface area contributed by atoms with Gasteiger partial charge in [-0.3, -0.25) is 9.69 Å². The number of primary amides is 1. The molecule has 0 fully saturated rings. The first kappa shape index (κ1) is 22.7. The fourth-order valence-corrected chi connectivity index (χ4v) is 4.62. The van der Waals surface area contributed by atoms with Crippen LogP contribution in [-0.4, -0.2) is 31.6 Å². The number of benzene rings is 3. The lowest BCUT2D eigenvalue weighted by molar-refractivity contribution is 0.100. The van der Waals surface area contributed by atoms with Gasteiger partial charge in [-0.2, -0.15) is 0 Å². The van der Waals surface area contributed by atoms with Crippen LogP contribution < -0.4 is 21.3 Å². The summed E-state index contributed by atoms with van der Waals surface area (Å²) in [4.78, 5) is 26.8. The number of furan rings is 1. The zero-order valence-corrected chi connectivity index (χ0v) is 19.6. The number of carbonyl (C=O) groups is 2. The molecular weight excluding hydrogens is 440 g/mol. The molecule has 1 aliphatic rings. The molecule has 2 heterocycles. The number of para-hydroxylation sites is 1. The van der Waals surface area contributed by atoms with Crippen LogP contribution in [-0.2, 0) is 0 Å². The monoisotopic (exact) mass is 468 g/mol. The lowest BCUT2D eigenvalue weighted by Crippen LogP contribution is -2.48. The number of hydrogen-bond donors (Lipinski definition) is 3. The van der Waals surface area contributed by atoms with Crippen LogP contribution in [0.3, 0.4) is 0 Å². The molecule has 1 atom stereocenters. The van der Waals surface area contributed by atoms with Crippen molar-refractivity contribution in [1.29, 1.82) is 0 Å². The molecule has 1 unspecified atom stereocenters. The summed E-state index contributed by atoms with van der Waals surface area (Å²) in [5.41, 5.74) is 10.0. The molecule has 5 rings (SSSR count). The van der Waals surface area contributed by atoms with E-state index in [4.69, 9.17) is 10.2 Å². The summed E-state index contributed by atoms with van der Waals surface area (Å²) in [6, 6.07) is 22.3. The van der Waals surface area contributed by atoms with Crippen LogP contribution in [0.4, 0.5) is 10.5 Å². The van der Waals surface area contributed by atoms with E-state index >= 15 is 0 Å². The van der Waals surface area contributed by atoms with Crippen molar-refractivity contribution in [3.05, 3.63) is 89.7 Å². The van der Waals surface area contributed by atoms with E-state index in [1.54, 1.807) is 23.1 Å². The molecule has 1 aliphatic heterocycles. The fourth-order valence-electron chi connectivity index (χ4n) is 4.62. The predicted molar refractivity (Wildman–Crippen MR) is 137 cm³/mol. The van der Waals surface area contributed by atoms with Crippen molar-refractivity contribution in [2.75, 3.05) is 24.5 Å². The van der Waals surface area contributed by atoms with E-state index in [0.29, 0.717) is 30.0 Å². The maximum absolute atomic E-state index is 13.3. The van der Waals surface area contributed by atoms with Crippen molar-refractivity contribution in [2.45, 2.75) is 19.4 Å². The Morgan fingerprint density at radius 2 is 1.86 bits per heavy atom. The van der Waals surface area contributed by atoms with Crippen molar-refractivity contribution >= 4 is 28.6 Å². The smallest absolute Gasteiger partial charge is 0.322 e. The van der Waals surface area contributed by atoms with Crippen LogP contribution in [0.5, 0.6) is 0 Å².